The maximum absolute atomic E-state index is 12.9. The van der Waals surface area contributed by atoms with Gasteiger partial charge >= 0.3 is 0 Å². The summed E-state index contributed by atoms with van der Waals surface area (Å²) >= 11 is 0. The molecule has 1 heterocycles. The number of benzene rings is 2. The molecule has 0 spiro atoms. The summed E-state index contributed by atoms with van der Waals surface area (Å²) < 4.78 is 23.2. The van der Waals surface area contributed by atoms with E-state index in [9.17, 15) is 18.0 Å². The third-order valence-electron chi connectivity index (χ3n) is 6.12. The van der Waals surface area contributed by atoms with E-state index in [1.54, 1.807) is 24.3 Å². The van der Waals surface area contributed by atoms with Crippen LogP contribution in [-0.4, -0.2) is 68.4 Å². The molecule has 3 rings (SSSR count). The zero-order chi connectivity index (χ0) is 23.1. The molecule has 1 aliphatic rings. The summed E-state index contributed by atoms with van der Waals surface area (Å²) in [6.07, 6.45) is 3.74. The predicted octanol–water partition coefficient (Wildman–Crippen LogP) is 3.64. The first-order valence-corrected chi connectivity index (χ1v) is 13.1. The molecular formula is C25H33ClN2O4S. The van der Waals surface area contributed by atoms with Gasteiger partial charge in [-0.2, -0.15) is 0 Å². The molecule has 1 aliphatic heterocycles. The Labute approximate surface area is 203 Å². The first kappa shape index (κ1) is 27.0. The van der Waals surface area contributed by atoms with Gasteiger partial charge in [0.25, 0.3) is 0 Å². The summed E-state index contributed by atoms with van der Waals surface area (Å²) in [5.41, 5.74) is 1.58. The number of Topliss-reactive ketones (excluding diaryl/α,β-unsaturated/α-hetero) is 1. The summed E-state index contributed by atoms with van der Waals surface area (Å²) in [5.74, 6) is 0.234. The van der Waals surface area contributed by atoms with Gasteiger partial charge in [-0.15, -0.1) is 12.4 Å². The van der Waals surface area contributed by atoms with Crippen molar-refractivity contribution >= 4 is 33.9 Å². The molecular weight excluding hydrogens is 460 g/mol. The van der Waals surface area contributed by atoms with E-state index in [4.69, 9.17) is 0 Å². The highest BCUT2D eigenvalue weighted by Gasteiger charge is 2.27. The Morgan fingerprint density at radius 3 is 2.15 bits per heavy atom. The van der Waals surface area contributed by atoms with Crippen LogP contribution in [0.25, 0.3) is 0 Å². The molecule has 1 amide bonds. The van der Waals surface area contributed by atoms with Crippen molar-refractivity contribution in [2.45, 2.75) is 43.5 Å². The third kappa shape index (κ3) is 7.66. The molecule has 0 bridgehead atoms. The van der Waals surface area contributed by atoms with Gasteiger partial charge in [-0.3, -0.25) is 9.59 Å². The second kappa shape index (κ2) is 12.3. The third-order valence-corrected chi connectivity index (χ3v) is 7.25. The fourth-order valence-corrected chi connectivity index (χ4v) is 4.88. The largest absolute Gasteiger partial charge is 0.340 e. The van der Waals surface area contributed by atoms with Gasteiger partial charge in [-0.1, -0.05) is 42.5 Å². The Morgan fingerprint density at radius 1 is 1.00 bits per heavy atom. The van der Waals surface area contributed by atoms with Crippen LogP contribution in [0, 0.1) is 0 Å². The lowest BCUT2D eigenvalue weighted by molar-refractivity contribution is -0.133. The van der Waals surface area contributed by atoms with E-state index < -0.39 is 9.84 Å². The van der Waals surface area contributed by atoms with Gasteiger partial charge in [0.1, 0.15) is 0 Å². The summed E-state index contributed by atoms with van der Waals surface area (Å²) in [6, 6.07) is 16.1. The van der Waals surface area contributed by atoms with Crippen molar-refractivity contribution in [3.8, 4) is 0 Å². The number of carbonyl (C=O) groups excluding carboxylic acids is 2. The summed E-state index contributed by atoms with van der Waals surface area (Å²) in [6.45, 7) is 5.14. The smallest absolute Gasteiger partial charge is 0.227 e. The van der Waals surface area contributed by atoms with Crippen molar-refractivity contribution in [2.75, 3.05) is 32.4 Å². The van der Waals surface area contributed by atoms with Gasteiger partial charge < -0.3 is 9.80 Å². The van der Waals surface area contributed by atoms with E-state index >= 15 is 0 Å². The second-order valence-corrected chi connectivity index (χ2v) is 10.4. The van der Waals surface area contributed by atoms with Crippen LogP contribution < -0.4 is 0 Å². The molecule has 0 atom stereocenters. The van der Waals surface area contributed by atoms with Crippen LogP contribution >= 0.6 is 12.4 Å². The number of hydrogen-bond donors (Lipinski definition) is 0. The molecule has 0 radical (unpaired) electrons. The summed E-state index contributed by atoms with van der Waals surface area (Å²) in [7, 11) is -3.24. The molecule has 0 N–H and O–H groups in total. The number of halogens is 1. The molecule has 0 aromatic heterocycles. The molecule has 2 aromatic carbocycles. The number of carbonyl (C=O) groups is 2. The predicted molar refractivity (Wildman–Crippen MR) is 133 cm³/mol. The van der Waals surface area contributed by atoms with E-state index in [1.807, 2.05) is 42.2 Å². The lowest BCUT2D eigenvalue weighted by atomic mass is 10.0. The van der Waals surface area contributed by atoms with E-state index in [-0.39, 0.29) is 41.5 Å². The van der Waals surface area contributed by atoms with Crippen molar-refractivity contribution in [1.29, 1.82) is 0 Å². The van der Waals surface area contributed by atoms with Crippen LogP contribution in [0.2, 0.25) is 0 Å². The monoisotopic (exact) mass is 492 g/mol. The van der Waals surface area contributed by atoms with Crippen molar-refractivity contribution in [2.24, 2.45) is 0 Å². The molecule has 1 saturated heterocycles. The van der Waals surface area contributed by atoms with Crippen molar-refractivity contribution < 1.29 is 18.0 Å². The topological polar surface area (TPSA) is 74.8 Å². The number of rotatable bonds is 9. The van der Waals surface area contributed by atoms with Crippen LogP contribution in [0.15, 0.2) is 59.5 Å². The highest BCUT2D eigenvalue weighted by molar-refractivity contribution is 7.90. The summed E-state index contributed by atoms with van der Waals surface area (Å²) in [4.78, 5) is 29.8. The number of hydrogen-bond acceptors (Lipinski definition) is 5. The number of amides is 1. The van der Waals surface area contributed by atoms with Crippen molar-refractivity contribution in [3.05, 3.63) is 65.7 Å². The van der Waals surface area contributed by atoms with Gasteiger partial charge in [0.05, 0.1) is 11.3 Å². The lowest BCUT2D eigenvalue weighted by Crippen LogP contribution is -2.48. The maximum atomic E-state index is 12.9. The SMILES string of the molecule is CCN(C(=O)Cc1ccc(S(C)(=O)=O)cc1)C1CCN(CCC(=O)c2ccccc2)CC1.Cl. The molecule has 180 valence electrons. The Hall–Kier alpha value is -2.22. The van der Waals surface area contributed by atoms with E-state index in [0.29, 0.717) is 13.0 Å². The molecule has 1 fully saturated rings. The normalized spacial score (nSPS) is 15.0. The number of sulfone groups is 1. The van der Waals surface area contributed by atoms with E-state index in [0.717, 1.165) is 43.6 Å². The number of nitrogens with zero attached hydrogens (tertiary/aromatic N) is 2. The average Bonchev–Trinajstić information content (AvgIpc) is 2.79. The molecule has 2 aromatic rings. The summed E-state index contributed by atoms with van der Waals surface area (Å²) in [5, 5.41) is 0. The molecule has 33 heavy (non-hydrogen) atoms. The minimum absolute atomic E-state index is 0. The second-order valence-electron chi connectivity index (χ2n) is 8.38. The van der Waals surface area contributed by atoms with Crippen LogP contribution in [0.5, 0.6) is 0 Å². The standard InChI is InChI=1S/C25H32N2O4S.ClH/c1-3-27(25(29)19-20-9-11-23(12-10-20)32(2,30)31)22-13-16-26(17-14-22)18-15-24(28)21-7-5-4-6-8-21;/h4-12,22H,3,13-19H2,1-2H3;1H. The zero-order valence-electron chi connectivity index (χ0n) is 19.3. The zero-order valence-corrected chi connectivity index (χ0v) is 20.9. The molecule has 0 aliphatic carbocycles. The molecule has 0 unspecified atom stereocenters. The lowest BCUT2D eigenvalue weighted by Gasteiger charge is -2.38. The first-order valence-electron chi connectivity index (χ1n) is 11.2. The minimum atomic E-state index is -3.24. The highest BCUT2D eigenvalue weighted by atomic mass is 35.5. The van der Waals surface area contributed by atoms with E-state index in [2.05, 4.69) is 4.90 Å². The highest BCUT2D eigenvalue weighted by Crippen LogP contribution is 2.19. The van der Waals surface area contributed by atoms with E-state index in [1.165, 1.54) is 6.26 Å². The molecule has 6 nitrogen and oxygen atoms in total. The Balaban J connectivity index is 0.00000385. The fourth-order valence-electron chi connectivity index (χ4n) is 4.25. The fraction of sp³-hybridized carbons (Fsp3) is 0.440. The van der Waals surface area contributed by atoms with Crippen LogP contribution in [0.4, 0.5) is 0 Å². The number of ketones is 1. The van der Waals surface area contributed by atoms with Gasteiger partial charge in [0.2, 0.25) is 5.91 Å². The minimum Gasteiger partial charge on any atom is -0.340 e. The van der Waals surface area contributed by atoms with Gasteiger partial charge in [0.15, 0.2) is 15.6 Å². The van der Waals surface area contributed by atoms with Crippen LogP contribution in [-0.2, 0) is 21.1 Å². The number of piperidine rings is 1. The van der Waals surface area contributed by atoms with Crippen molar-refractivity contribution in [1.82, 2.24) is 9.80 Å². The van der Waals surface area contributed by atoms with Crippen LogP contribution in [0.3, 0.4) is 0 Å². The maximum Gasteiger partial charge on any atom is 0.227 e. The van der Waals surface area contributed by atoms with Gasteiger partial charge in [-0.05, 0) is 37.5 Å². The molecule has 8 heteroatoms. The number of likely N-dealkylation sites (N-methyl/N-ethyl adjacent to an activating group) is 1. The Bertz CT molecular complexity index is 1020. The Morgan fingerprint density at radius 2 is 1.61 bits per heavy atom. The number of likely N-dealkylation sites (tertiary alicyclic amines) is 1. The van der Waals surface area contributed by atoms with Gasteiger partial charge in [-0.25, -0.2) is 8.42 Å². The Kier molecular flexibility index (Phi) is 10.1. The molecule has 0 saturated carbocycles. The average molecular weight is 493 g/mol. The van der Waals surface area contributed by atoms with Gasteiger partial charge in [0, 0.05) is 50.5 Å². The quantitative estimate of drug-likeness (QED) is 0.499. The first-order chi connectivity index (χ1) is 15.3. The van der Waals surface area contributed by atoms with Crippen LogP contribution in [0.1, 0.15) is 42.1 Å². The van der Waals surface area contributed by atoms with Crippen molar-refractivity contribution in [3.63, 3.8) is 0 Å².